The van der Waals surface area contributed by atoms with Gasteiger partial charge in [0.1, 0.15) is 0 Å². The lowest BCUT2D eigenvalue weighted by atomic mass is 10.1. The Hall–Kier alpha value is -0.000000000000000167. The highest BCUT2D eigenvalue weighted by atomic mass is 35.5. The summed E-state index contributed by atoms with van der Waals surface area (Å²) >= 11 is 22.8. The molecule has 3 rings (SSSR count). The van der Waals surface area contributed by atoms with Crippen molar-refractivity contribution < 1.29 is 0 Å². The minimum absolute atomic E-state index is 0.116. The Labute approximate surface area is 153 Å². The van der Waals surface area contributed by atoms with Gasteiger partial charge in [-0.25, -0.2) is 4.98 Å². The Morgan fingerprint density at radius 1 is 1.14 bits per heavy atom. The molecule has 0 unspecified atom stereocenters. The van der Waals surface area contributed by atoms with Gasteiger partial charge in [0.15, 0.2) is 0 Å². The van der Waals surface area contributed by atoms with Crippen LogP contribution in [0.3, 0.4) is 0 Å². The zero-order chi connectivity index (χ0) is 15.6. The maximum absolute atomic E-state index is 6.37. The molecule has 7 heteroatoms. The summed E-state index contributed by atoms with van der Waals surface area (Å²) in [6.07, 6.45) is 7.58. The van der Waals surface area contributed by atoms with Gasteiger partial charge in [0.05, 0.1) is 10.4 Å². The van der Waals surface area contributed by atoms with E-state index in [1.807, 2.05) is 42.2 Å². The zero-order valence-corrected chi connectivity index (χ0v) is 15.7. The van der Waals surface area contributed by atoms with Crippen molar-refractivity contribution in [3.63, 3.8) is 0 Å². The van der Waals surface area contributed by atoms with Crippen molar-refractivity contribution in [2.75, 3.05) is 11.5 Å². The van der Waals surface area contributed by atoms with E-state index in [-0.39, 0.29) is 4.08 Å². The predicted molar refractivity (Wildman–Crippen MR) is 99.7 cm³/mol. The van der Waals surface area contributed by atoms with Gasteiger partial charge in [0, 0.05) is 45.5 Å². The van der Waals surface area contributed by atoms with Gasteiger partial charge >= 0.3 is 0 Å². The van der Waals surface area contributed by atoms with Crippen molar-refractivity contribution in [1.82, 2.24) is 9.55 Å². The Morgan fingerprint density at radius 2 is 1.82 bits per heavy atom. The first-order valence-corrected chi connectivity index (χ1v) is 10.1. The first-order valence-electron chi connectivity index (χ1n) is 6.95. The van der Waals surface area contributed by atoms with Gasteiger partial charge in [-0.1, -0.05) is 34.8 Å². The van der Waals surface area contributed by atoms with Crippen LogP contribution in [0.5, 0.6) is 0 Å². The average Bonchev–Trinajstić information content (AvgIpc) is 3.13. The fourth-order valence-corrected chi connectivity index (χ4v) is 6.72. The molecule has 2 aromatic rings. The van der Waals surface area contributed by atoms with Gasteiger partial charge in [-0.05, 0) is 30.5 Å². The van der Waals surface area contributed by atoms with Crippen molar-refractivity contribution in [3.8, 4) is 0 Å². The standard InChI is InChI=1S/C15H15Cl3N2S2/c16-11-7-13(17)12(14(18)8-11)9-15(21-5-6-22-15)1-3-20-4-2-19-10-20/h2,4,7-8,10H,1,3,5-6,9H2. The number of halogens is 3. The van der Waals surface area contributed by atoms with E-state index >= 15 is 0 Å². The molecule has 118 valence electrons. The van der Waals surface area contributed by atoms with Crippen molar-refractivity contribution in [2.45, 2.75) is 23.5 Å². The second-order valence-corrected chi connectivity index (χ2v) is 9.65. The highest BCUT2D eigenvalue weighted by Crippen LogP contribution is 2.50. The second kappa shape index (κ2) is 7.27. The molecule has 0 spiro atoms. The number of rotatable bonds is 5. The molecule has 2 heterocycles. The first-order chi connectivity index (χ1) is 10.6. The number of aryl methyl sites for hydroxylation is 1. The summed E-state index contributed by atoms with van der Waals surface area (Å²) < 4.78 is 2.23. The van der Waals surface area contributed by atoms with Gasteiger partial charge in [-0.15, -0.1) is 23.5 Å². The molecule has 0 atom stereocenters. The molecule has 0 amide bonds. The largest absolute Gasteiger partial charge is 0.337 e. The third-order valence-corrected chi connectivity index (χ3v) is 8.10. The maximum Gasteiger partial charge on any atom is 0.0945 e. The smallest absolute Gasteiger partial charge is 0.0945 e. The normalized spacial score (nSPS) is 17.0. The van der Waals surface area contributed by atoms with Gasteiger partial charge in [0.25, 0.3) is 0 Å². The highest BCUT2D eigenvalue weighted by molar-refractivity contribution is 8.21. The van der Waals surface area contributed by atoms with Crippen LogP contribution >= 0.6 is 58.3 Å². The van der Waals surface area contributed by atoms with Crippen LogP contribution < -0.4 is 0 Å². The summed E-state index contributed by atoms with van der Waals surface area (Å²) in [7, 11) is 0. The third-order valence-electron chi connectivity index (χ3n) is 3.68. The Balaban J connectivity index is 1.79. The van der Waals surface area contributed by atoms with E-state index in [0.717, 1.165) is 36.5 Å². The van der Waals surface area contributed by atoms with E-state index in [1.54, 1.807) is 12.1 Å². The molecule has 1 aliphatic heterocycles. The monoisotopic (exact) mass is 392 g/mol. The number of imidazole rings is 1. The second-order valence-electron chi connectivity index (χ2n) is 5.18. The minimum Gasteiger partial charge on any atom is -0.337 e. The lowest BCUT2D eigenvalue weighted by Gasteiger charge is -2.28. The van der Waals surface area contributed by atoms with E-state index < -0.39 is 0 Å². The minimum atomic E-state index is 0.116. The Bertz CT molecular complexity index is 617. The van der Waals surface area contributed by atoms with E-state index in [9.17, 15) is 0 Å². The molecule has 22 heavy (non-hydrogen) atoms. The molecule has 0 N–H and O–H groups in total. The number of hydrogen-bond donors (Lipinski definition) is 0. The van der Waals surface area contributed by atoms with Crippen LogP contribution in [0.25, 0.3) is 0 Å². The molecule has 1 aromatic carbocycles. The third kappa shape index (κ3) is 3.90. The number of benzene rings is 1. The van der Waals surface area contributed by atoms with Crippen molar-refractivity contribution >= 4 is 58.3 Å². The SMILES string of the molecule is Clc1cc(Cl)c(CC2(CCn3ccnc3)SCCS2)c(Cl)c1. The molecule has 2 nitrogen and oxygen atoms in total. The van der Waals surface area contributed by atoms with E-state index in [4.69, 9.17) is 34.8 Å². The summed E-state index contributed by atoms with van der Waals surface area (Å²) in [6.45, 7) is 0.947. The quantitative estimate of drug-likeness (QED) is 0.653. The Morgan fingerprint density at radius 3 is 2.41 bits per heavy atom. The number of hydrogen-bond acceptors (Lipinski definition) is 3. The van der Waals surface area contributed by atoms with E-state index in [2.05, 4.69) is 9.55 Å². The van der Waals surface area contributed by atoms with Crippen LogP contribution in [0.4, 0.5) is 0 Å². The first kappa shape index (κ1) is 16.8. The molecule has 1 saturated heterocycles. The van der Waals surface area contributed by atoms with Crippen LogP contribution in [0, 0.1) is 0 Å². The molecule has 1 aliphatic rings. The summed E-state index contributed by atoms with van der Waals surface area (Å²) in [6, 6.07) is 3.55. The summed E-state index contributed by atoms with van der Waals surface area (Å²) in [5.41, 5.74) is 1.00. The lowest BCUT2D eigenvalue weighted by Crippen LogP contribution is -2.23. The lowest BCUT2D eigenvalue weighted by molar-refractivity contribution is 0.597. The van der Waals surface area contributed by atoms with Crippen LogP contribution in [0.1, 0.15) is 12.0 Å². The average molecular weight is 394 g/mol. The molecular weight excluding hydrogens is 379 g/mol. The van der Waals surface area contributed by atoms with Crippen LogP contribution in [0.2, 0.25) is 15.1 Å². The maximum atomic E-state index is 6.37. The number of nitrogens with zero attached hydrogens (tertiary/aromatic N) is 2. The van der Waals surface area contributed by atoms with Crippen LogP contribution in [-0.2, 0) is 13.0 Å². The molecular formula is C15H15Cl3N2S2. The van der Waals surface area contributed by atoms with Gasteiger partial charge in [-0.2, -0.15) is 0 Å². The highest BCUT2D eigenvalue weighted by Gasteiger charge is 2.36. The molecule has 0 aliphatic carbocycles. The molecule has 0 saturated carbocycles. The fraction of sp³-hybridized carbons (Fsp3) is 0.400. The Kier molecular flexibility index (Phi) is 5.56. The van der Waals surface area contributed by atoms with Gasteiger partial charge in [-0.3, -0.25) is 0 Å². The van der Waals surface area contributed by atoms with Crippen molar-refractivity contribution in [1.29, 1.82) is 0 Å². The number of thioether (sulfide) groups is 2. The topological polar surface area (TPSA) is 17.8 Å². The van der Waals surface area contributed by atoms with Crippen molar-refractivity contribution in [3.05, 3.63) is 51.5 Å². The van der Waals surface area contributed by atoms with E-state index in [1.165, 1.54) is 0 Å². The summed E-state index contributed by atoms with van der Waals surface area (Å²) in [5, 5.41) is 1.90. The van der Waals surface area contributed by atoms with E-state index in [0.29, 0.717) is 15.1 Å². The molecule has 0 radical (unpaired) electrons. The predicted octanol–water partition coefficient (Wildman–Crippen LogP) is 5.65. The van der Waals surface area contributed by atoms with Crippen LogP contribution in [-0.4, -0.2) is 25.1 Å². The molecule has 0 bridgehead atoms. The van der Waals surface area contributed by atoms with Crippen molar-refractivity contribution in [2.24, 2.45) is 0 Å². The zero-order valence-electron chi connectivity index (χ0n) is 11.8. The fourth-order valence-electron chi connectivity index (χ4n) is 2.56. The molecule has 1 aromatic heterocycles. The molecule has 1 fully saturated rings. The van der Waals surface area contributed by atoms with Gasteiger partial charge in [0.2, 0.25) is 0 Å². The number of aromatic nitrogens is 2. The van der Waals surface area contributed by atoms with Crippen LogP contribution in [0.15, 0.2) is 30.9 Å². The van der Waals surface area contributed by atoms with Gasteiger partial charge < -0.3 is 4.57 Å². The summed E-state index contributed by atoms with van der Waals surface area (Å²) in [4.78, 5) is 4.10. The summed E-state index contributed by atoms with van der Waals surface area (Å²) in [5.74, 6) is 2.33.